The number of halogens is 1. The van der Waals surface area contributed by atoms with Gasteiger partial charge in [0, 0.05) is 25.5 Å². The molecular formula is C12H15FN4. The maximum atomic E-state index is 13.0. The first-order chi connectivity index (χ1) is 8.15. The molecule has 4 nitrogen and oxygen atoms in total. The summed E-state index contributed by atoms with van der Waals surface area (Å²) in [5, 5.41) is 4.09. The molecule has 0 spiro atoms. The van der Waals surface area contributed by atoms with Crippen molar-refractivity contribution >= 4 is 11.4 Å². The molecule has 2 rings (SSSR count). The van der Waals surface area contributed by atoms with Crippen LogP contribution in [0.4, 0.5) is 15.8 Å². The second-order valence-electron chi connectivity index (χ2n) is 3.94. The van der Waals surface area contributed by atoms with Gasteiger partial charge in [0.15, 0.2) is 0 Å². The van der Waals surface area contributed by atoms with Gasteiger partial charge in [-0.1, -0.05) is 6.07 Å². The van der Waals surface area contributed by atoms with Crippen LogP contribution in [-0.2, 0) is 6.54 Å². The predicted molar refractivity (Wildman–Crippen MR) is 66.3 cm³/mol. The Morgan fingerprint density at radius 3 is 2.94 bits per heavy atom. The van der Waals surface area contributed by atoms with Crippen LogP contribution in [0.3, 0.4) is 0 Å². The summed E-state index contributed by atoms with van der Waals surface area (Å²) in [7, 11) is 1.92. The van der Waals surface area contributed by atoms with Gasteiger partial charge in [0.1, 0.15) is 5.82 Å². The van der Waals surface area contributed by atoms with Crippen molar-refractivity contribution in [2.45, 2.75) is 6.54 Å². The highest BCUT2D eigenvalue weighted by Gasteiger charge is 2.02. The third kappa shape index (κ3) is 2.96. The zero-order chi connectivity index (χ0) is 12.3. The molecule has 0 saturated carbocycles. The fourth-order valence-corrected chi connectivity index (χ4v) is 1.60. The Morgan fingerprint density at radius 2 is 2.29 bits per heavy atom. The van der Waals surface area contributed by atoms with Crippen molar-refractivity contribution < 1.29 is 4.39 Å². The lowest BCUT2D eigenvalue weighted by Crippen LogP contribution is -2.22. The van der Waals surface area contributed by atoms with E-state index >= 15 is 0 Å². The lowest BCUT2D eigenvalue weighted by Gasteiger charge is -2.19. The lowest BCUT2D eigenvalue weighted by molar-refractivity contribution is 0.607. The molecule has 0 saturated heterocycles. The number of likely N-dealkylation sites (N-methyl/N-ethyl adjacent to an activating group) is 1. The van der Waals surface area contributed by atoms with Crippen molar-refractivity contribution in [1.82, 2.24) is 9.78 Å². The largest absolute Gasteiger partial charge is 0.396 e. The standard InChI is InChI=1S/C12H15FN4/c1-16(12-4-2-3-10(13)7-12)5-6-17-9-11(14)8-15-17/h2-4,7-9H,5-6,14H2,1H3. The van der Waals surface area contributed by atoms with Gasteiger partial charge in [-0.05, 0) is 18.2 Å². The van der Waals surface area contributed by atoms with Gasteiger partial charge in [0.25, 0.3) is 0 Å². The quantitative estimate of drug-likeness (QED) is 0.876. The normalized spacial score (nSPS) is 10.5. The van der Waals surface area contributed by atoms with E-state index < -0.39 is 0 Å². The molecule has 0 aliphatic heterocycles. The number of benzene rings is 1. The Labute approximate surface area is 99.5 Å². The Bertz CT molecular complexity index is 495. The zero-order valence-corrected chi connectivity index (χ0v) is 9.68. The SMILES string of the molecule is CN(CCn1cc(N)cn1)c1cccc(F)c1. The number of nitrogens with two attached hydrogens (primary N) is 1. The minimum atomic E-state index is -0.224. The van der Waals surface area contributed by atoms with Gasteiger partial charge in [0.05, 0.1) is 18.4 Å². The third-order valence-corrected chi connectivity index (χ3v) is 2.57. The van der Waals surface area contributed by atoms with Gasteiger partial charge in [0.2, 0.25) is 0 Å². The van der Waals surface area contributed by atoms with E-state index in [2.05, 4.69) is 5.10 Å². The van der Waals surface area contributed by atoms with Crippen LogP contribution in [0, 0.1) is 5.82 Å². The maximum Gasteiger partial charge on any atom is 0.125 e. The molecule has 17 heavy (non-hydrogen) atoms. The fourth-order valence-electron chi connectivity index (χ4n) is 1.60. The van der Waals surface area contributed by atoms with Crippen molar-refractivity contribution in [2.75, 3.05) is 24.2 Å². The molecule has 1 aromatic carbocycles. The van der Waals surface area contributed by atoms with Gasteiger partial charge in [-0.3, -0.25) is 4.68 Å². The zero-order valence-electron chi connectivity index (χ0n) is 9.68. The maximum absolute atomic E-state index is 13.0. The average molecular weight is 234 g/mol. The second-order valence-corrected chi connectivity index (χ2v) is 3.94. The Kier molecular flexibility index (Phi) is 3.27. The first-order valence-electron chi connectivity index (χ1n) is 5.40. The number of nitrogen functional groups attached to an aromatic ring is 1. The van der Waals surface area contributed by atoms with E-state index in [9.17, 15) is 4.39 Å². The molecule has 90 valence electrons. The van der Waals surface area contributed by atoms with Crippen LogP contribution in [0.1, 0.15) is 0 Å². The summed E-state index contributed by atoms with van der Waals surface area (Å²) in [4.78, 5) is 1.97. The van der Waals surface area contributed by atoms with E-state index in [1.54, 1.807) is 23.1 Å². The highest BCUT2D eigenvalue weighted by Crippen LogP contribution is 2.13. The van der Waals surface area contributed by atoms with Crippen molar-refractivity contribution in [3.63, 3.8) is 0 Å². The topological polar surface area (TPSA) is 47.1 Å². The molecule has 0 aliphatic carbocycles. The van der Waals surface area contributed by atoms with Crippen LogP contribution < -0.4 is 10.6 Å². The van der Waals surface area contributed by atoms with Crippen LogP contribution in [0.15, 0.2) is 36.7 Å². The smallest absolute Gasteiger partial charge is 0.125 e. The molecule has 0 radical (unpaired) electrons. The van der Waals surface area contributed by atoms with E-state index in [0.717, 1.165) is 12.2 Å². The Hall–Kier alpha value is -2.04. The molecule has 0 fully saturated rings. The molecule has 0 amide bonds. The molecule has 5 heteroatoms. The van der Waals surface area contributed by atoms with Crippen LogP contribution in [0.2, 0.25) is 0 Å². The summed E-state index contributed by atoms with van der Waals surface area (Å²) in [6.07, 6.45) is 3.39. The fraction of sp³-hybridized carbons (Fsp3) is 0.250. The summed E-state index contributed by atoms with van der Waals surface area (Å²) in [5.74, 6) is -0.224. The summed E-state index contributed by atoms with van der Waals surface area (Å²) in [6.45, 7) is 1.45. The molecular weight excluding hydrogens is 219 g/mol. The molecule has 0 atom stereocenters. The van der Waals surface area contributed by atoms with Crippen LogP contribution in [0.5, 0.6) is 0 Å². The highest BCUT2D eigenvalue weighted by molar-refractivity contribution is 5.45. The minimum absolute atomic E-state index is 0.224. The molecule has 2 N–H and O–H groups in total. The molecule has 1 heterocycles. The second kappa shape index (κ2) is 4.86. The van der Waals surface area contributed by atoms with E-state index in [1.165, 1.54) is 12.1 Å². The predicted octanol–water partition coefficient (Wildman–Crippen LogP) is 1.74. The first kappa shape index (κ1) is 11.4. The minimum Gasteiger partial charge on any atom is -0.396 e. The molecule has 1 aromatic heterocycles. The summed E-state index contributed by atoms with van der Waals surface area (Å²) >= 11 is 0. The van der Waals surface area contributed by atoms with Crippen molar-refractivity contribution in [2.24, 2.45) is 0 Å². The summed E-state index contributed by atoms with van der Waals surface area (Å²) < 4.78 is 14.8. The summed E-state index contributed by atoms with van der Waals surface area (Å²) in [5.41, 5.74) is 7.07. The monoisotopic (exact) mass is 234 g/mol. The Balaban J connectivity index is 1.95. The molecule has 0 aliphatic rings. The van der Waals surface area contributed by atoms with Crippen molar-refractivity contribution in [1.29, 1.82) is 0 Å². The number of anilines is 2. The van der Waals surface area contributed by atoms with Crippen LogP contribution in [-0.4, -0.2) is 23.4 Å². The molecule has 2 aromatic rings. The van der Waals surface area contributed by atoms with Gasteiger partial charge in [-0.25, -0.2) is 4.39 Å². The van der Waals surface area contributed by atoms with Gasteiger partial charge in [-0.15, -0.1) is 0 Å². The highest BCUT2D eigenvalue weighted by atomic mass is 19.1. The van der Waals surface area contributed by atoms with Crippen LogP contribution in [0.25, 0.3) is 0 Å². The van der Waals surface area contributed by atoms with Gasteiger partial charge >= 0.3 is 0 Å². The number of nitrogens with zero attached hydrogens (tertiary/aromatic N) is 3. The van der Waals surface area contributed by atoms with Crippen molar-refractivity contribution in [3.8, 4) is 0 Å². The first-order valence-corrected chi connectivity index (χ1v) is 5.40. The van der Waals surface area contributed by atoms with Crippen molar-refractivity contribution in [3.05, 3.63) is 42.5 Å². The average Bonchev–Trinajstić information content (AvgIpc) is 2.72. The van der Waals surface area contributed by atoms with Crippen LogP contribution >= 0.6 is 0 Å². The van der Waals surface area contributed by atoms with Gasteiger partial charge in [-0.2, -0.15) is 5.10 Å². The molecule has 0 bridgehead atoms. The molecule has 0 unspecified atom stereocenters. The van der Waals surface area contributed by atoms with E-state index in [4.69, 9.17) is 5.73 Å². The van der Waals surface area contributed by atoms with E-state index in [1.807, 2.05) is 18.0 Å². The Morgan fingerprint density at radius 1 is 1.47 bits per heavy atom. The lowest BCUT2D eigenvalue weighted by atomic mass is 10.3. The van der Waals surface area contributed by atoms with Gasteiger partial charge < -0.3 is 10.6 Å². The number of aromatic nitrogens is 2. The third-order valence-electron chi connectivity index (χ3n) is 2.57. The summed E-state index contributed by atoms with van der Waals surface area (Å²) in [6, 6.07) is 6.52. The number of hydrogen-bond acceptors (Lipinski definition) is 3. The van der Waals surface area contributed by atoms with E-state index in [-0.39, 0.29) is 5.82 Å². The number of rotatable bonds is 4. The number of hydrogen-bond donors (Lipinski definition) is 1. The van der Waals surface area contributed by atoms with E-state index in [0.29, 0.717) is 12.2 Å².